The molecule has 5 heteroatoms. The van der Waals surface area contributed by atoms with Gasteiger partial charge in [0.05, 0.1) is 12.2 Å². The molecule has 2 unspecified atom stereocenters. The van der Waals surface area contributed by atoms with Crippen LogP contribution in [0.25, 0.3) is 0 Å². The number of carbonyl (C=O) groups excluding carboxylic acids is 1. The van der Waals surface area contributed by atoms with Crippen molar-refractivity contribution in [3.05, 3.63) is 52.8 Å². The van der Waals surface area contributed by atoms with Gasteiger partial charge in [0.25, 0.3) is 0 Å². The van der Waals surface area contributed by atoms with E-state index in [1.54, 1.807) is 0 Å². The van der Waals surface area contributed by atoms with Gasteiger partial charge in [-0.25, -0.2) is 4.79 Å². The first kappa shape index (κ1) is 17.5. The van der Waals surface area contributed by atoms with Crippen LogP contribution in [0.1, 0.15) is 41.6 Å². The molecular weight excluding hydrogens is 312 g/mol. The highest BCUT2D eigenvalue weighted by molar-refractivity contribution is 5.75. The number of nitrogens with zero attached hydrogens (tertiary/aromatic N) is 3. The maximum atomic E-state index is 12.6. The molecule has 1 N–H and O–H groups in total. The highest BCUT2D eigenvalue weighted by Crippen LogP contribution is 2.22. The molecule has 2 amide bonds. The summed E-state index contributed by atoms with van der Waals surface area (Å²) in [4.78, 5) is 14.5. The van der Waals surface area contributed by atoms with Gasteiger partial charge in [-0.2, -0.15) is 5.10 Å². The molecule has 0 aliphatic carbocycles. The average molecular weight is 340 g/mol. The lowest BCUT2D eigenvalue weighted by Gasteiger charge is -2.22. The van der Waals surface area contributed by atoms with Crippen molar-refractivity contribution in [2.45, 2.75) is 39.7 Å². The quantitative estimate of drug-likeness (QED) is 0.928. The first-order valence-corrected chi connectivity index (χ1v) is 9.02. The number of rotatable bonds is 4. The minimum absolute atomic E-state index is 0.0178. The van der Waals surface area contributed by atoms with E-state index in [0.717, 1.165) is 31.5 Å². The van der Waals surface area contributed by atoms with Crippen LogP contribution >= 0.6 is 0 Å². The summed E-state index contributed by atoms with van der Waals surface area (Å²) < 4.78 is 1.83. The van der Waals surface area contributed by atoms with Crippen molar-refractivity contribution >= 4 is 6.03 Å². The maximum absolute atomic E-state index is 12.6. The molecule has 2 atom stereocenters. The van der Waals surface area contributed by atoms with E-state index in [9.17, 15) is 4.79 Å². The highest BCUT2D eigenvalue weighted by atomic mass is 16.2. The molecule has 0 spiro atoms. The Morgan fingerprint density at radius 2 is 2.16 bits per heavy atom. The van der Waals surface area contributed by atoms with E-state index in [-0.39, 0.29) is 12.1 Å². The fraction of sp³-hybridized carbons (Fsp3) is 0.500. The second kappa shape index (κ2) is 7.30. The van der Waals surface area contributed by atoms with Gasteiger partial charge in [-0.1, -0.05) is 18.2 Å². The van der Waals surface area contributed by atoms with E-state index in [4.69, 9.17) is 0 Å². The van der Waals surface area contributed by atoms with Crippen LogP contribution in [0.3, 0.4) is 0 Å². The Morgan fingerprint density at radius 1 is 1.36 bits per heavy atom. The summed E-state index contributed by atoms with van der Waals surface area (Å²) in [5.74, 6) is 0.520. The molecule has 25 heavy (non-hydrogen) atoms. The van der Waals surface area contributed by atoms with Crippen LogP contribution in [-0.2, 0) is 13.5 Å². The Balaban J connectivity index is 1.53. The molecule has 2 aromatic rings. The van der Waals surface area contributed by atoms with Gasteiger partial charge in [0.2, 0.25) is 0 Å². The molecule has 0 radical (unpaired) electrons. The van der Waals surface area contributed by atoms with Crippen molar-refractivity contribution in [2.24, 2.45) is 13.0 Å². The maximum Gasteiger partial charge on any atom is 0.317 e. The number of aromatic nitrogens is 2. The van der Waals surface area contributed by atoms with Gasteiger partial charge in [-0.3, -0.25) is 4.68 Å². The highest BCUT2D eigenvalue weighted by Gasteiger charge is 2.27. The minimum atomic E-state index is 0.0178. The zero-order chi connectivity index (χ0) is 18.0. The monoisotopic (exact) mass is 340 g/mol. The summed E-state index contributed by atoms with van der Waals surface area (Å²) in [6.07, 6.45) is 6.03. The summed E-state index contributed by atoms with van der Waals surface area (Å²) in [7, 11) is 1.94. The van der Waals surface area contributed by atoms with Gasteiger partial charge in [-0.15, -0.1) is 0 Å². The van der Waals surface area contributed by atoms with Crippen LogP contribution in [0, 0.1) is 19.8 Å². The van der Waals surface area contributed by atoms with E-state index >= 15 is 0 Å². The Bertz CT molecular complexity index is 752. The van der Waals surface area contributed by atoms with E-state index in [1.807, 2.05) is 29.7 Å². The van der Waals surface area contributed by atoms with Crippen molar-refractivity contribution in [3.63, 3.8) is 0 Å². The van der Waals surface area contributed by atoms with Gasteiger partial charge in [-0.05, 0) is 61.8 Å². The average Bonchev–Trinajstić information content (AvgIpc) is 3.19. The third kappa shape index (κ3) is 4.21. The molecule has 5 nitrogen and oxygen atoms in total. The van der Waals surface area contributed by atoms with Gasteiger partial charge in [0.15, 0.2) is 0 Å². The molecule has 1 aromatic carbocycles. The zero-order valence-electron chi connectivity index (χ0n) is 15.6. The molecule has 1 aromatic heterocycles. The van der Waals surface area contributed by atoms with Crippen LogP contribution in [0.4, 0.5) is 4.79 Å². The third-order valence-corrected chi connectivity index (χ3v) is 5.23. The lowest BCUT2D eigenvalue weighted by Crippen LogP contribution is -2.39. The Kier molecular flexibility index (Phi) is 5.11. The molecule has 0 saturated carbocycles. The topological polar surface area (TPSA) is 50.2 Å². The second-order valence-electron chi connectivity index (χ2n) is 7.34. The lowest BCUT2D eigenvalue weighted by molar-refractivity contribution is 0.203. The number of amides is 2. The summed E-state index contributed by atoms with van der Waals surface area (Å²) in [5.41, 5.74) is 4.94. The number of aryl methyl sites for hydroxylation is 3. The zero-order valence-corrected chi connectivity index (χ0v) is 15.6. The number of benzene rings is 1. The summed E-state index contributed by atoms with van der Waals surface area (Å²) in [6.45, 7) is 7.91. The van der Waals surface area contributed by atoms with Crippen molar-refractivity contribution in [1.29, 1.82) is 0 Å². The number of nitrogens with one attached hydrogen (secondary N) is 1. The second-order valence-corrected chi connectivity index (χ2v) is 7.34. The van der Waals surface area contributed by atoms with E-state index in [0.29, 0.717) is 5.92 Å². The largest absolute Gasteiger partial charge is 0.331 e. The molecule has 1 aliphatic rings. The molecule has 134 valence electrons. The first-order valence-electron chi connectivity index (χ1n) is 9.02. The smallest absolute Gasteiger partial charge is 0.317 e. The number of urea groups is 1. The number of hydrogen-bond donors (Lipinski definition) is 1. The van der Waals surface area contributed by atoms with Crippen molar-refractivity contribution in [3.8, 4) is 0 Å². The predicted molar refractivity (Wildman–Crippen MR) is 99.5 cm³/mol. The SMILES string of the molecule is Cc1ccc(C(C)NC(=O)N2CCC(Cc3cnn(C)c3)C2)cc1C. The van der Waals surface area contributed by atoms with Gasteiger partial charge < -0.3 is 10.2 Å². The van der Waals surface area contributed by atoms with Crippen molar-refractivity contribution in [1.82, 2.24) is 20.0 Å². The Labute approximate surface area is 150 Å². The van der Waals surface area contributed by atoms with E-state index < -0.39 is 0 Å². The molecule has 1 aliphatic heterocycles. The fourth-order valence-corrected chi connectivity index (χ4v) is 3.49. The van der Waals surface area contributed by atoms with Crippen LogP contribution in [-0.4, -0.2) is 33.8 Å². The Hall–Kier alpha value is -2.30. The molecule has 0 bridgehead atoms. The normalized spacial score (nSPS) is 18.4. The van der Waals surface area contributed by atoms with Gasteiger partial charge in [0, 0.05) is 26.3 Å². The number of hydrogen-bond acceptors (Lipinski definition) is 2. The lowest BCUT2D eigenvalue weighted by atomic mass is 10.0. The van der Waals surface area contributed by atoms with Crippen LogP contribution in [0.5, 0.6) is 0 Å². The minimum Gasteiger partial charge on any atom is -0.331 e. The third-order valence-electron chi connectivity index (χ3n) is 5.23. The summed E-state index contributed by atoms with van der Waals surface area (Å²) in [5, 5.41) is 7.37. The van der Waals surface area contributed by atoms with E-state index in [1.165, 1.54) is 16.7 Å². The summed E-state index contributed by atoms with van der Waals surface area (Å²) >= 11 is 0. The summed E-state index contributed by atoms with van der Waals surface area (Å²) in [6, 6.07) is 6.44. The number of carbonyl (C=O) groups is 1. The van der Waals surface area contributed by atoms with Gasteiger partial charge >= 0.3 is 6.03 Å². The van der Waals surface area contributed by atoms with Crippen LogP contribution < -0.4 is 5.32 Å². The molecule has 3 rings (SSSR count). The van der Waals surface area contributed by atoms with Crippen molar-refractivity contribution < 1.29 is 4.79 Å². The molecule has 2 heterocycles. The Morgan fingerprint density at radius 3 is 2.84 bits per heavy atom. The van der Waals surface area contributed by atoms with Gasteiger partial charge in [0.1, 0.15) is 0 Å². The number of likely N-dealkylation sites (tertiary alicyclic amines) is 1. The standard InChI is InChI=1S/C20H28N4O/c1-14-5-6-19(9-15(14)2)16(3)22-20(25)24-8-7-17(13-24)10-18-11-21-23(4)12-18/h5-6,9,11-12,16-17H,7-8,10,13H2,1-4H3,(H,22,25). The van der Waals surface area contributed by atoms with Crippen LogP contribution in [0.15, 0.2) is 30.6 Å². The molecule has 1 fully saturated rings. The van der Waals surface area contributed by atoms with E-state index in [2.05, 4.69) is 48.7 Å². The first-order chi connectivity index (χ1) is 11.9. The molecular formula is C20H28N4O. The molecule has 1 saturated heterocycles. The van der Waals surface area contributed by atoms with Crippen LogP contribution in [0.2, 0.25) is 0 Å². The van der Waals surface area contributed by atoms with Crippen molar-refractivity contribution in [2.75, 3.05) is 13.1 Å². The fourth-order valence-electron chi connectivity index (χ4n) is 3.49. The predicted octanol–water partition coefficient (Wildman–Crippen LogP) is 3.37.